The molecule has 0 spiro atoms. The first-order valence-corrected chi connectivity index (χ1v) is 10.6. The lowest BCUT2D eigenvalue weighted by molar-refractivity contribution is 0.0697. The Bertz CT molecular complexity index is 936. The van der Waals surface area contributed by atoms with Crippen molar-refractivity contribution >= 4 is 22.9 Å². The number of allylic oxidation sites excluding steroid dienone is 2. The first-order valence-electron chi connectivity index (χ1n) is 10.6. The Balaban J connectivity index is 2.13. The molecule has 3 nitrogen and oxygen atoms in total. The maximum absolute atomic E-state index is 11.2. The SMILES string of the molecule is CCCN(c1ccc(C(=O)O)cc1)c1cc2c(cc1C)C(C(C)C)=CCC2(C)C. The molecule has 3 rings (SSSR count). The van der Waals surface area contributed by atoms with Crippen molar-refractivity contribution in [2.75, 3.05) is 11.4 Å². The Morgan fingerprint density at radius 2 is 1.83 bits per heavy atom. The molecule has 0 saturated heterocycles. The fourth-order valence-electron chi connectivity index (χ4n) is 4.31. The molecule has 0 unspecified atom stereocenters. The van der Waals surface area contributed by atoms with E-state index in [9.17, 15) is 9.90 Å². The second-order valence-electron chi connectivity index (χ2n) is 9.09. The van der Waals surface area contributed by atoms with Gasteiger partial charge in [0.25, 0.3) is 0 Å². The van der Waals surface area contributed by atoms with E-state index in [4.69, 9.17) is 0 Å². The number of carboxylic acids is 1. The number of aryl methyl sites for hydroxylation is 1. The van der Waals surface area contributed by atoms with Crippen LogP contribution in [0.2, 0.25) is 0 Å². The van der Waals surface area contributed by atoms with Gasteiger partial charge in [-0.05, 0) is 89.8 Å². The maximum Gasteiger partial charge on any atom is 0.335 e. The molecule has 1 N–H and O–H groups in total. The van der Waals surface area contributed by atoms with Gasteiger partial charge in [-0.1, -0.05) is 40.7 Å². The number of anilines is 2. The van der Waals surface area contributed by atoms with Crippen molar-refractivity contribution in [3.8, 4) is 0 Å². The zero-order chi connectivity index (χ0) is 21.3. The van der Waals surface area contributed by atoms with Crippen LogP contribution in [0.4, 0.5) is 11.4 Å². The second-order valence-corrected chi connectivity index (χ2v) is 9.09. The number of hydrogen-bond acceptors (Lipinski definition) is 2. The maximum atomic E-state index is 11.2. The Kier molecular flexibility index (Phi) is 5.88. The standard InChI is InChI=1S/C26H33NO2/c1-7-14-27(20-10-8-19(9-11-20)25(28)29)24-16-23-22(15-18(24)4)21(17(2)3)12-13-26(23,5)6/h8-12,15-17H,7,13-14H2,1-6H3,(H,28,29). The van der Waals surface area contributed by atoms with E-state index in [1.807, 2.05) is 12.1 Å². The van der Waals surface area contributed by atoms with E-state index in [2.05, 4.69) is 64.7 Å². The highest BCUT2D eigenvalue weighted by Crippen LogP contribution is 2.44. The minimum absolute atomic E-state index is 0.0984. The molecule has 29 heavy (non-hydrogen) atoms. The average Bonchev–Trinajstić information content (AvgIpc) is 2.66. The molecule has 0 fully saturated rings. The predicted octanol–water partition coefficient (Wildman–Crippen LogP) is 6.96. The molecule has 0 bridgehead atoms. The number of fused-ring (bicyclic) bond motifs is 1. The second kappa shape index (κ2) is 8.06. The van der Waals surface area contributed by atoms with Gasteiger partial charge in [-0.25, -0.2) is 4.79 Å². The van der Waals surface area contributed by atoms with Gasteiger partial charge in [0.2, 0.25) is 0 Å². The predicted molar refractivity (Wildman–Crippen MR) is 122 cm³/mol. The van der Waals surface area contributed by atoms with Crippen LogP contribution in [0.5, 0.6) is 0 Å². The van der Waals surface area contributed by atoms with E-state index in [-0.39, 0.29) is 5.41 Å². The largest absolute Gasteiger partial charge is 0.478 e. The van der Waals surface area contributed by atoms with Gasteiger partial charge in [-0.2, -0.15) is 0 Å². The van der Waals surface area contributed by atoms with Gasteiger partial charge in [-0.15, -0.1) is 0 Å². The molecular weight excluding hydrogens is 358 g/mol. The number of carbonyl (C=O) groups is 1. The van der Waals surface area contributed by atoms with E-state index in [0.717, 1.165) is 25.1 Å². The van der Waals surface area contributed by atoms with E-state index < -0.39 is 5.97 Å². The fraction of sp³-hybridized carbons (Fsp3) is 0.423. The van der Waals surface area contributed by atoms with E-state index in [0.29, 0.717) is 11.5 Å². The van der Waals surface area contributed by atoms with E-state index >= 15 is 0 Å². The first kappa shape index (κ1) is 21.2. The fourth-order valence-corrected chi connectivity index (χ4v) is 4.31. The van der Waals surface area contributed by atoms with Crippen molar-refractivity contribution in [1.29, 1.82) is 0 Å². The minimum atomic E-state index is -0.890. The summed E-state index contributed by atoms with van der Waals surface area (Å²) in [5.74, 6) is -0.385. The van der Waals surface area contributed by atoms with Crippen molar-refractivity contribution in [2.24, 2.45) is 5.92 Å². The van der Waals surface area contributed by atoms with Gasteiger partial charge in [0, 0.05) is 17.9 Å². The quantitative estimate of drug-likeness (QED) is 0.578. The molecule has 2 aromatic carbocycles. The molecule has 154 valence electrons. The van der Waals surface area contributed by atoms with Crippen LogP contribution in [0, 0.1) is 12.8 Å². The lowest BCUT2D eigenvalue weighted by Crippen LogP contribution is -2.25. The molecule has 0 saturated carbocycles. The molecule has 0 amide bonds. The molecule has 0 atom stereocenters. The van der Waals surface area contributed by atoms with Crippen LogP contribution in [0.15, 0.2) is 42.5 Å². The normalized spacial score (nSPS) is 15.1. The van der Waals surface area contributed by atoms with Gasteiger partial charge in [0.15, 0.2) is 0 Å². The molecule has 0 radical (unpaired) electrons. The number of rotatable bonds is 6. The van der Waals surface area contributed by atoms with Crippen LogP contribution < -0.4 is 4.90 Å². The van der Waals surface area contributed by atoms with Gasteiger partial charge in [0.05, 0.1) is 5.56 Å². The van der Waals surface area contributed by atoms with Crippen LogP contribution in [0.1, 0.15) is 74.5 Å². The summed E-state index contributed by atoms with van der Waals surface area (Å²) in [5.41, 5.74) is 8.16. The number of aromatic carboxylic acids is 1. The van der Waals surface area contributed by atoms with Crippen LogP contribution in [-0.4, -0.2) is 17.6 Å². The summed E-state index contributed by atoms with van der Waals surface area (Å²) in [7, 11) is 0. The summed E-state index contributed by atoms with van der Waals surface area (Å²) in [6.45, 7) is 14.4. The zero-order valence-corrected chi connectivity index (χ0v) is 18.5. The monoisotopic (exact) mass is 391 g/mol. The van der Waals surface area contributed by atoms with Crippen LogP contribution >= 0.6 is 0 Å². The summed E-state index contributed by atoms with van der Waals surface area (Å²) in [6.07, 6.45) is 4.48. The molecular formula is C26H33NO2. The van der Waals surface area contributed by atoms with Crippen molar-refractivity contribution in [3.05, 3.63) is 64.7 Å². The third kappa shape index (κ3) is 4.10. The van der Waals surface area contributed by atoms with Gasteiger partial charge in [-0.3, -0.25) is 0 Å². The third-order valence-corrected chi connectivity index (χ3v) is 5.99. The highest BCUT2D eigenvalue weighted by Gasteiger charge is 2.30. The van der Waals surface area contributed by atoms with Crippen molar-refractivity contribution in [3.63, 3.8) is 0 Å². The zero-order valence-electron chi connectivity index (χ0n) is 18.5. The Morgan fingerprint density at radius 3 is 2.38 bits per heavy atom. The molecule has 1 aliphatic carbocycles. The number of nitrogens with zero attached hydrogens (tertiary/aromatic N) is 1. The molecule has 0 heterocycles. The summed E-state index contributed by atoms with van der Waals surface area (Å²) in [4.78, 5) is 13.6. The molecule has 3 heteroatoms. The lowest BCUT2D eigenvalue weighted by Gasteiger charge is -2.36. The van der Waals surface area contributed by atoms with Crippen molar-refractivity contribution < 1.29 is 9.90 Å². The number of carboxylic acid groups (broad SMARTS) is 1. The van der Waals surface area contributed by atoms with Crippen LogP contribution in [0.3, 0.4) is 0 Å². The van der Waals surface area contributed by atoms with E-state index in [1.54, 1.807) is 12.1 Å². The lowest BCUT2D eigenvalue weighted by atomic mass is 9.71. The van der Waals surface area contributed by atoms with Crippen LogP contribution in [-0.2, 0) is 5.41 Å². The molecule has 0 aliphatic heterocycles. The third-order valence-electron chi connectivity index (χ3n) is 5.99. The Labute approximate surface area is 175 Å². The molecule has 0 aromatic heterocycles. The smallest absolute Gasteiger partial charge is 0.335 e. The minimum Gasteiger partial charge on any atom is -0.478 e. The number of benzene rings is 2. The van der Waals surface area contributed by atoms with Crippen molar-refractivity contribution in [2.45, 2.75) is 59.8 Å². The van der Waals surface area contributed by atoms with Crippen LogP contribution in [0.25, 0.3) is 5.57 Å². The van der Waals surface area contributed by atoms with Gasteiger partial charge >= 0.3 is 5.97 Å². The molecule has 2 aromatic rings. The van der Waals surface area contributed by atoms with Crippen molar-refractivity contribution in [1.82, 2.24) is 0 Å². The Morgan fingerprint density at radius 1 is 1.17 bits per heavy atom. The highest BCUT2D eigenvalue weighted by molar-refractivity contribution is 5.88. The summed E-state index contributed by atoms with van der Waals surface area (Å²) in [5, 5.41) is 9.22. The van der Waals surface area contributed by atoms with E-state index in [1.165, 1.54) is 28.0 Å². The topological polar surface area (TPSA) is 40.5 Å². The highest BCUT2D eigenvalue weighted by atomic mass is 16.4. The summed E-state index contributed by atoms with van der Waals surface area (Å²) in [6, 6.07) is 12.0. The first-order chi connectivity index (χ1) is 13.7. The molecule has 1 aliphatic rings. The van der Waals surface area contributed by atoms with Gasteiger partial charge in [0.1, 0.15) is 0 Å². The average molecular weight is 392 g/mol. The van der Waals surface area contributed by atoms with Gasteiger partial charge < -0.3 is 10.0 Å². The Hall–Kier alpha value is -2.55. The summed E-state index contributed by atoms with van der Waals surface area (Å²) < 4.78 is 0. The number of hydrogen-bond donors (Lipinski definition) is 1. The summed E-state index contributed by atoms with van der Waals surface area (Å²) >= 11 is 0.